The summed E-state index contributed by atoms with van der Waals surface area (Å²) in [6, 6.07) is 13.0. The molecule has 3 heterocycles. The van der Waals surface area contributed by atoms with Crippen LogP contribution in [0, 0.1) is 11.7 Å². The van der Waals surface area contributed by atoms with Gasteiger partial charge in [-0.25, -0.2) is 9.37 Å². The highest BCUT2D eigenvalue weighted by Gasteiger charge is 2.25. The summed E-state index contributed by atoms with van der Waals surface area (Å²) >= 11 is 3.46. The largest absolute Gasteiger partial charge is 0.358 e. The molecular formula is C21H21BrFN3. The molecule has 3 aromatic rings. The summed E-state index contributed by atoms with van der Waals surface area (Å²) < 4.78 is 14.2. The number of aromatic amines is 1. The fourth-order valence-electron chi connectivity index (χ4n) is 3.79. The predicted molar refractivity (Wildman–Crippen MR) is 107 cm³/mol. The van der Waals surface area contributed by atoms with E-state index < -0.39 is 0 Å². The Morgan fingerprint density at radius 1 is 1.12 bits per heavy atom. The molecule has 4 rings (SSSR count). The van der Waals surface area contributed by atoms with Crippen LogP contribution >= 0.6 is 15.9 Å². The van der Waals surface area contributed by atoms with Crippen LogP contribution in [0.25, 0.3) is 22.4 Å². The third-order valence-electron chi connectivity index (χ3n) is 5.19. The van der Waals surface area contributed by atoms with E-state index in [1.54, 1.807) is 6.20 Å². The Kier molecular flexibility index (Phi) is 4.92. The summed E-state index contributed by atoms with van der Waals surface area (Å²) in [6.45, 7) is 4.36. The average Bonchev–Trinajstić information content (AvgIpc) is 3.08. The van der Waals surface area contributed by atoms with Crippen LogP contribution in [0.4, 0.5) is 4.39 Å². The SMILES string of the molecule is C[C@H]1CNCC[C@H]1c1cc(-c2ccnc(Br)c2)c(-c2ccc(F)cc2)[nH]1. The van der Waals surface area contributed by atoms with Gasteiger partial charge in [0.1, 0.15) is 10.4 Å². The van der Waals surface area contributed by atoms with Crippen LogP contribution in [0.1, 0.15) is 25.0 Å². The first-order valence-electron chi connectivity index (χ1n) is 8.93. The quantitative estimate of drug-likeness (QED) is 0.567. The summed E-state index contributed by atoms with van der Waals surface area (Å²) in [6.07, 6.45) is 2.91. The molecule has 0 aliphatic carbocycles. The van der Waals surface area contributed by atoms with Gasteiger partial charge in [0.2, 0.25) is 0 Å². The number of halogens is 2. The van der Waals surface area contributed by atoms with Gasteiger partial charge in [0.25, 0.3) is 0 Å². The van der Waals surface area contributed by atoms with Gasteiger partial charge in [-0.3, -0.25) is 0 Å². The summed E-state index contributed by atoms with van der Waals surface area (Å²) in [5, 5.41) is 3.46. The Morgan fingerprint density at radius 2 is 1.92 bits per heavy atom. The Bertz CT molecular complexity index is 904. The summed E-state index contributed by atoms with van der Waals surface area (Å²) in [5.41, 5.74) is 5.49. The maximum Gasteiger partial charge on any atom is 0.123 e. The lowest BCUT2D eigenvalue weighted by atomic mass is 9.85. The van der Waals surface area contributed by atoms with E-state index in [2.05, 4.69) is 44.2 Å². The van der Waals surface area contributed by atoms with Crippen LogP contribution in [0.3, 0.4) is 0 Å². The van der Waals surface area contributed by atoms with E-state index in [0.717, 1.165) is 46.5 Å². The Balaban J connectivity index is 1.83. The number of nitrogens with one attached hydrogen (secondary N) is 2. The highest BCUT2D eigenvalue weighted by Crippen LogP contribution is 2.38. The molecule has 0 amide bonds. The normalized spacial score (nSPS) is 20.3. The van der Waals surface area contributed by atoms with Crippen molar-refractivity contribution in [3.8, 4) is 22.4 Å². The third-order valence-corrected chi connectivity index (χ3v) is 5.63. The Morgan fingerprint density at radius 3 is 2.65 bits per heavy atom. The number of pyridine rings is 1. The number of rotatable bonds is 3. The smallest absolute Gasteiger partial charge is 0.123 e. The first-order chi connectivity index (χ1) is 12.6. The molecule has 3 nitrogen and oxygen atoms in total. The number of hydrogen-bond donors (Lipinski definition) is 2. The first kappa shape index (κ1) is 17.4. The second-order valence-corrected chi connectivity index (χ2v) is 7.78. The van der Waals surface area contributed by atoms with Crippen LogP contribution in [-0.2, 0) is 0 Å². The van der Waals surface area contributed by atoms with Crippen molar-refractivity contribution in [3.05, 3.63) is 64.8 Å². The first-order valence-corrected chi connectivity index (χ1v) is 9.72. The van der Waals surface area contributed by atoms with E-state index in [4.69, 9.17) is 0 Å². The van der Waals surface area contributed by atoms with E-state index >= 15 is 0 Å². The molecule has 26 heavy (non-hydrogen) atoms. The van der Waals surface area contributed by atoms with Gasteiger partial charge in [-0.2, -0.15) is 0 Å². The molecule has 0 unspecified atom stereocenters. The number of nitrogens with zero attached hydrogens (tertiary/aromatic N) is 1. The highest BCUT2D eigenvalue weighted by atomic mass is 79.9. The standard InChI is InChI=1S/C21H21BrFN3/c1-13-12-24-8-7-17(13)19-11-18(15-6-9-25-20(22)10-15)21(26-19)14-2-4-16(23)5-3-14/h2-6,9-11,13,17,24,26H,7-8,12H2,1H3/t13-,17+/m0/s1. The van der Waals surface area contributed by atoms with Crippen molar-refractivity contribution in [2.75, 3.05) is 13.1 Å². The molecule has 2 aromatic heterocycles. The number of hydrogen-bond acceptors (Lipinski definition) is 2. The van der Waals surface area contributed by atoms with Gasteiger partial charge >= 0.3 is 0 Å². The van der Waals surface area contributed by atoms with Gasteiger partial charge in [0.15, 0.2) is 0 Å². The van der Waals surface area contributed by atoms with Crippen molar-refractivity contribution in [2.24, 2.45) is 5.92 Å². The van der Waals surface area contributed by atoms with Gasteiger partial charge in [0, 0.05) is 23.4 Å². The maximum atomic E-state index is 13.4. The molecule has 0 radical (unpaired) electrons. The minimum Gasteiger partial charge on any atom is -0.358 e. The predicted octanol–water partition coefficient (Wildman–Crippen LogP) is 5.36. The van der Waals surface area contributed by atoms with E-state index in [1.807, 2.05) is 24.3 Å². The molecule has 0 saturated carbocycles. The molecule has 134 valence electrons. The summed E-state index contributed by atoms with van der Waals surface area (Å²) in [5.74, 6) is 0.843. The topological polar surface area (TPSA) is 40.7 Å². The van der Waals surface area contributed by atoms with Gasteiger partial charge in [-0.05, 0) is 94.9 Å². The van der Waals surface area contributed by atoms with Gasteiger partial charge in [0.05, 0.1) is 5.69 Å². The number of aromatic nitrogens is 2. The lowest BCUT2D eigenvalue weighted by Crippen LogP contribution is -2.33. The van der Waals surface area contributed by atoms with Gasteiger partial charge in [-0.15, -0.1) is 0 Å². The van der Waals surface area contributed by atoms with Crippen molar-refractivity contribution in [1.29, 1.82) is 0 Å². The van der Waals surface area contributed by atoms with Crippen LogP contribution in [0.15, 0.2) is 53.3 Å². The zero-order valence-electron chi connectivity index (χ0n) is 14.6. The highest BCUT2D eigenvalue weighted by molar-refractivity contribution is 9.10. The fraction of sp³-hybridized carbons (Fsp3) is 0.286. The van der Waals surface area contributed by atoms with E-state index in [1.165, 1.54) is 17.8 Å². The lowest BCUT2D eigenvalue weighted by molar-refractivity contribution is 0.345. The van der Waals surface area contributed by atoms with E-state index in [0.29, 0.717) is 11.8 Å². The zero-order valence-corrected chi connectivity index (χ0v) is 16.2. The van der Waals surface area contributed by atoms with Crippen molar-refractivity contribution < 1.29 is 4.39 Å². The fourth-order valence-corrected chi connectivity index (χ4v) is 4.16. The lowest BCUT2D eigenvalue weighted by Gasteiger charge is -2.28. The van der Waals surface area contributed by atoms with Crippen molar-refractivity contribution in [2.45, 2.75) is 19.3 Å². The molecular weight excluding hydrogens is 393 g/mol. The van der Waals surface area contributed by atoms with Gasteiger partial charge in [-0.1, -0.05) is 6.92 Å². The van der Waals surface area contributed by atoms with E-state index in [-0.39, 0.29) is 5.82 Å². The number of benzene rings is 1. The molecule has 1 aliphatic rings. The molecule has 0 spiro atoms. The molecule has 1 aromatic carbocycles. The molecule has 1 fully saturated rings. The molecule has 2 atom stereocenters. The average molecular weight is 414 g/mol. The Labute approximate surface area is 161 Å². The second kappa shape index (κ2) is 7.33. The molecule has 5 heteroatoms. The minimum atomic E-state index is -0.222. The molecule has 1 saturated heterocycles. The maximum absolute atomic E-state index is 13.4. The number of piperidine rings is 1. The van der Waals surface area contributed by atoms with Crippen LogP contribution < -0.4 is 5.32 Å². The second-order valence-electron chi connectivity index (χ2n) is 6.96. The molecule has 1 aliphatic heterocycles. The Hall–Kier alpha value is -1.98. The van der Waals surface area contributed by atoms with Crippen molar-refractivity contribution in [1.82, 2.24) is 15.3 Å². The monoisotopic (exact) mass is 413 g/mol. The van der Waals surface area contributed by atoms with Crippen LogP contribution in [-0.4, -0.2) is 23.1 Å². The molecule has 0 bridgehead atoms. The molecule has 2 N–H and O–H groups in total. The van der Waals surface area contributed by atoms with Crippen LogP contribution in [0.5, 0.6) is 0 Å². The van der Waals surface area contributed by atoms with Crippen molar-refractivity contribution in [3.63, 3.8) is 0 Å². The van der Waals surface area contributed by atoms with E-state index in [9.17, 15) is 4.39 Å². The summed E-state index contributed by atoms with van der Waals surface area (Å²) in [4.78, 5) is 7.89. The minimum absolute atomic E-state index is 0.222. The third kappa shape index (κ3) is 3.46. The van der Waals surface area contributed by atoms with Gasteiger partial charge < -0.3 is 10.3 Å². The zero-order chi connectivity index (χ0) is 18.1. The van der Waals surface area contributed by atoms with Crippen molar-refractivity contribution >= 4 is 15.9 Å². The number of H-pyrrole nitrogens is 1. The summed E-state index contributed by atoms with van der Waals surface area (Å²) in [7, 11) is 0. The van der Waals surface area contributed by atoms with Crippen LogP contribution in [0.2, 0.25) is 0 Å².